The Morgan fingerprint density at radius 1 is 1.03 bits per heavy atom. The second kappa shape index (κ2) is 6.67. The number of ketones is 1. The van der Waals surface area contributed by atoms with Gasteiger partial charge in [0.25, 0.3) is 0 Å². The number of fused-ring (bicyclic) bond motifs is 5. The predicted molar refractivity (Wildman–Crippen MR) is 113 cm³/mol. The molecule has 0 aromatic carbocycles. The zero-order valence-electron chi connectivity index (χ0n) is 18.4. The molecule has 0 unspecified atom stereocenters. The summed E-state index contributed by atoms with van der Waals surface area (Å²) in [4.78, 5) is 17.3. The minimum Gasteiger partial charge on any atom is -0.390 e. The number of aromatic nitrogens is 2. The highest BCUT2D eigenvalue weighted by Crippen LogP contribution is 2.68. The maximum Gasteiger partial charge on any atom is 0.156 e. The maximum absolute atomic E-state index is 13.2. The lowest BCUT2D eigenvalue weighted by molar-refractivity contribution is -0.151. The first-order chi connectivity index (χ1) is 13.7. The highest BCUT2D eigenvalue weighted by Gasteiger charge is 2.61. The summed E-state index contributed by atoms with van der Waals surface area (Å²) in [5, 5.41) is 10.7. The molecule has 4 fully saturated rings. The fourth-order valence-electron chi connectivity index (χ4n) is 8.63. The molecule has 5 rings (SSSR count). The molecule has 160 valence electrons. The molecule has 1 aromatic rings. The number of aliphatic hydroxyl groups is 1. The largest absolute Gasteiger partial charge is 0.390 e. The van der Waals surface area contributed by atoms with Crippen molar-refractivity contribution in [2.45, 2.75) is 90.7 Å². The number of nitrogens with zero attached hydrogens (tertiary/aromatic N) is 2. The fraction of sp³-hybridized carbons (Fsp3) is 0.840. The minimum absolute atomic E-state index is 0.183. The molecule has 0 spiro atoms. The molecule has 4 aliphatic carbocycles. The van der Waals surface area contributed by atoms with E-state index < -0.39 is 5.60 Å². The van der Waals surface area contributed by atoms with E-state index in [2.05, 4.69) is 18.8 Å². The van der Waals surface area contributed by atoms with Crippen LogP contribution in [0.3, 0.4) is 0 Å². The van der Waals surface area contributed by atoms with Gasteiger partial charge >= 0.3 is 0 Å². The number of hydrogen-bond acceptors (Lipinski definition) is 3. The molecule has 4 aliphatic rings. The summed E-state index contributed by atoms with van der Waals surface area (Å²) in [5.41, 5.74) is 0.117. The van der Waals surface area contributed by atoms with Crippen molar-refractivity contribution in [2.75, 3.05) is 0 Å². The van der Waals surface area contributed by atoms with E-state index in [1.807, 2.05) is 17.7 Å². The summed E-state index contributed by atoms with van der Waals surface area (Å²) in [7, 11) is 0. The Labute approximate surface area is 175 Å². The lowest BCUT2D eigenvalue weighted by Gasteiger charge is -2.61. The smallest absolute Gasteiger partial charge is 0.156 e. The number of hydrogen-bond donors (Lipinski definition) is 1. The number of Topliss-reactive ketones (excluding diaryl/α,β-unsaturated/α-hetero) is 1. The lowest BCUT2D eigenvalue weighted by atomic mass is 9.44. The molecule has 4 heteroatoms. The van der Waals surface area contributed by atoms with E-state index in [0.717, 1.165) is 31.1 Å². The van der Waals surface area contributed by atoms with Crippen molar-refractivity contribution in [3.05, 3.63) is 18.7 Å². The fourth-order valence-corrected chi connectivity index (χ4v) is 8.63. The van der Waals surface area contributed by atoms with Gasteiger partial charge in [-0.15, -0.1) is 0 Å². The number of carbonyl (C=O) groups is 1. The van der Waals surface area contributed by atoms with E-state index in [1.165, 1.54) is 38.5 Å². The van der Waals surface area contributed by atoms with Crippen LogP contribution in [0.2, 0.25) is 0 Å². The van der Waals surface area contributed by atoms with Gasteiger partial charge in [0.2, 0.25) is 0 Å². The van der Waals surface area contributed by atoms with Gasteiger partial charge in [0.15, 0.2) is 5.78 Å². The molecule has 0 amide bonds. The molecule has 0 radical (unpaired) electrons. The van der Waals surface area contributed by atoms with Crippen molar-refractivity contribution < 1.29 is 9.90 Å². The Balaban J connectivity index is 1.36. The standard InChI is InChI=1S/C25H38N2O2/c1-23(29)10-11-24(2)17(14-23)4-5-18-19-6-7-21(25(19,3)9-8-20(18)24)22(28)15-27-13-12-26-16-27/h12-13,16-21,29H,4-11,14-15H2,1-3H3/t17-,18-,19-,20-,21+,23+,24-,25-/m0/s1. The monoisotopic (exact) mass is 398 g/mol. The number of carbonyl (C=O) groups excluding carboxylic acids is 1. The summed E-state index contributed by atoms with van der Waals surface area (Å²) in [6.45, 7) is 7.51. The zero-order chi connectivity index (χ0) is 20.4. The highest BCUT2D eigenvalue weighted by atomic mass is 16.3. The van der Waals surface area contributed by atoms with Gasteiger partial charge in [-0.2, -0.15) is 0 Å². The highest BCUT2D eigenvalue weighted by molar-refractivity contribution is 5.82. The lowest BCUT2D eigenvalue weighted by Crippen LogP contribution is -2.55. The van der Waals surface area contributed by atoms with Gasteiger partial charge in [-0.05, 0) is 99.2 Å². The van der Waals surface area contributed by atoms with Gasteiger partial charge in [0.05, 0.1) is 18.5 Å². The van der Waals surface area contributed by atoms with Crippen molar-refractivity contribution >= 4 is 5.78 Å². The first-order valence-electron chi connectivity index (χ1n) is 11.9. The Hall–Kier alpha value is -1.16. The number of rotatable bonds is 3. The molecule has 8 atom stereocenters. The van der Waals surface area contributed by atoms with Crippen molar-refractivity contribution in [1.29, 1.82) is 0 Å². The average molecular weight is 399 g/mol. The molecular formula is C25H38N2O2. The van der Waals surface area contributed by atoms with Crippen LogP contribution >= 0.6 is 0 Å². The van der Waals surface area contributed by atoms with E-state index >= 15 is 0 Å². The Bertz CT molecular complexity index is 772. The second-order valence-electron chi connectivity index (χ2n) is 11.7. The topological polar surface area (TPSA) is 55.1 Å². The van der Waals surface area contributed by atoms with Crippen LogP contribution in [-0.4, -0.2) is 26.0 Å². The van der Waals surface area contributed by atoms with E-state index in [-0.39, 0.29) is 11.3 Å². The molecule has 0 bridgehead atoms. The van der Waals surface area contributed by atoms with Crippen LogP contribution in [0.25, 0.3) is 0 Å². The van der Waals surface area contributed by atoms with Crippen molar-refractivity contribution in [1.82, 2.24) is 9.55 Å². The maximum atomic E-state index is 13.2. The average Bonchev–Trinajstić information content (AvgIpc) is 3.29. The van der Waals surface area contributed by atoms with E-state index in [0.29, 0.717) is 29.6 Å². The van der Waals surface area contributed by atoms with Gasteiger partial charge in [-0.25, -0.2) is 4.98 Å². The summed E-state index contributed by atoms with van der Waals surface area (Å²) in [5.74, 6) is 3.59. The van der Waals surface area contributed by atoms with Gasteiger partial charge in [0.1, 0.15) is 0 Å². The molecular weight excluding hydrogens is 360 g/mol. The number of imidazole rings is 1. The molecule has 4 saturated carbocycles. The normalized spacial score (nSPS) is 49.2. The quantitative estimate of drug-likeness (QED) is 0.791. The van der Waals surface area contributed by atoms with Crippen LogP contribution in [0.15, 0.2) is 18.7 Å². The molecule has 1 aromatic heterocycles. The SMILES string of the molecule is C[C@@]1(O)CC[C@@]2(C)[C@@H](CC[C@@H]3[C@@H]2CC[C@]2(C)[C@@H](C(=O)Cn4ccnc4)CC[C@@H]32)C1. The molecule has 1 N–H and O–H groups in total. The third-order valence-corrected chi connectivity index (χ3v) is 10.2. The van der Waals surface area contributed by atoms with E-state index in [9.17, 15) is 9.90 Å². The molecule has 1 heterocycles. The minimum atomic E-state index is -0.460. The van der Waals surface area contributed by atoms with Crippen LogP contribution in [0.1, 0.15) is 78.6 Å². The van der Waals surface area contributed by atoms with Crippen LogP contribution < -0.4 is 0 Å². The van der Waals surface area contributed by atoms with Crippen molar-refractivity contribution in [3.63, 3.8) is 0 Å². The van der Waals surface area contributed by atoms with Crippen LogP contribution in [-0.2, 0) is 11.3 Å². The summed E-state index contributed by atoms with van der Waals surface area (Å²) < 4.78 is 1.94. The Morgan fingerprint density at radius 2 is 1.83 bits per heavy atom. The third-order valence-electron chi connectivity index (χ3n) is 10.2. The summed E-state index contributed by atoms with van der Waals surface area (Å²) >= 11 is 0. The van der Waals surface area contributed by atoms with Gasteiger partial charge in [-0.1, -0.05) is 13.8 Å². The van der Waals surface area contributed by atoms with Gasteiger partial charge < -0.3 is 9.67 Å². The van der Waals surface area contributed by atoms with Crippen LogP contribution in [0, 0.1) is 40.4 Å². The molecule has 4 nitrogen and oxygen atoms in total. The third kappa shape index (κ3) is 3.04. The van der Waals surface area contributed by atoms with Crippen molar-refractivity contribution in [2.24, 2.45) is 40.4 Å². The predicted octanol–water partition coefficient (Wildman–Crippen LogP) is 4.86. The first-order valence-corrected chi connectivity index (χ1v) is 11.9. The molecule has 0 saturated heterocycles. The Morgan fingerprint density at radius 3 is 2.59 bits per heavy atom. The second-order valence-corrected chi connectivity index (χ2v) is 11.7. The summed E-state index contributed by atoms with van der Waals surface area (Å²) in [6.07, 6.45) is 15.9. The van der Waals surface area contributed by atoms with Gasteiger partial charge in [0, 0.05) is 18.3 Å². The zero-order valence-corrected chi connectivity index (χ0v) is 18.4. The summed E-state index contributed by atoms with van der Waals surface area (Å²) in [6, 6.07) is 0. The van der Waals surface area contributed by atoms with Crippen LogP contribution in [0.4, 0.5) is 0 Å². The molecule has 29 heavy (non-hydrogen) atoms. The first kappa shape index (κ1) is 19.8. The Kier molecular flexibility index (Phi) is 4.55. The van der Waals surface area contributed by atoms with Crippen molar-refractivity contribution in [3.8, 4) is 0 Å². The van der Waals surface area contributed by atoms with E-state index in [1.54, 1.807) is 12.5 Å². The molecule has 0 aliphatic heterocycles. The van der Waals surface area contributed by atoms with Crippen LogP contribution in [0.5, 0.6) is 0 Å². The van der Waals surface area contributed by atoms with Gasteiger partial charge in [-0.3, -0.25) is 4.79 Å². The van der Waals surface area contributed by atoms with E-state index in [4.69, 9.17) is 0 Å².